The van der Waals surface area contributed by atoms with Crippen molar-refractivity contribution in [3.05, 3.63) is 60.9 Å². The van der Waals surface area contributed by atoms with Crippen molar-refractivity contribution in [2.24, 2.45) is 0 Å². The van der Waals surface area contributed by atoms with Gasteiger partial charge in [0.15, 0.2) is 14.9 Å². The van der Waals surface area contributed by atoms with E-state index in [1.807, 2.05) is 0 Å². The molecule has 8 nitrogen and oxygen atoms in total. The fourth-order valence-corrected chi connectivity index (χ4v) is 3.63. The average Bonchev–Trinajstić information content (AvgIpc) is 2.62. The van der Waals surface area contributed by atoms with E-state index < -0.39 is 19.9 Å². The van der Waals surface area contributed by atoms with Crippen LogP contribution in [0.15, 0.2) is 70.8 Å². The number of rotatable bonds is 5. The minimum Gasteiger partial charge on any atom is -0.280 e. The lowest BCUT2D eigenvalue weighted by Gasteiger charge is -2.08. The third-order valence-electron chi connectivity index (χ3n) is 3.40. The van der Waals surface area contributed by atoms with Crippen molar-refractivity contribution < 1.29 is 16.8 Å². The molecule has 2 aromatic heterocycles. The molecule has 0 bridgehead atoms. The zero-order chi connectivity index (χ0) is 18.8. The summed E-state index contributed by atoms with van der Waals surface area (Å²) < 4.78 is 49.8. The molecule has 0 saturated carbocycles. The maximum atomic E-state index is 12.3. The van der Waals surface area contributed by atoms with Crippen LogP contribution in [0.4, 0.5) is 5.69 Å². The summed E-state index contributed by atoms with van der Waals surface area (Å²) in [4.78, 5) is 3.85. The van der Waals surface area contributed by atoms with Crippen LogP contribution in [0.2, 0.25) is 0 Å². The lowest BCUT2D eigenvalue weighted by molar-refractivity contribution is 0.595. The normalized spacial score (nSPS) is 11.9. The van der Waals surface area contributed by atoms with Gasteiger partial charge in [0, 0.05) is 29.9 Å². The van der Waals surface area contributed by atoms with Crippen LogP contribution in [-0.4, -0.2) is 38.3 Å². The van der Waals surface area contributed by atoms with Gasteiger partial charge in [-0.05, 0) is 36.4 Å². The summed E-state index contributed by atoms with van der Waals surface area (Å²) in [7, 11) is -7.13. The highest BCUT2D eigenvalue weighted by atomic mass is 32.2. The quantitative estimate of drug-likeness (QED) is 0.705. The topological polar surface area (TPSA) is 119 Å². The van der Waals surface area contributed by atoms with Gasteiger partial charge in [0.2, 0.25) is 0 Å². The number of pyridine rings is 1. The van der Waals surface area contributed by atoms with Gasteiger partial charge < -0.3 is 0 Å². The number of sulfone groups is 1. The molecular formula is C16H14N4O4S2. The maximum Gasteiger partial charge on any atom is 0.263 e. The molecule has 0 amide bonds. The second-order valence-corrected chi connectivity index (χ2v) is 9.05. The SMILES string of the molecule is CS(=O)(=O)c1ccc(-c2ccc(NS(=O)(=O)c3cccnc3)cc2)nn1. The Morgan fingerprint density at radius 3 is 2.15 bits per heavy atom. The highest BCUT2D eigenvalue weighted by Crippen LogP contribution is 2.21. The molecule has 0 unspecified atom stereocenters. The van der Waals surface area contributed by atoms with Crippen molar-refractivity contribution in [3.8, 4) is 11.3 Å². The zero-order valence-corrected chi connectivity index (χ0v) is 15.2. The van der Waals surface area contributed by atoms with Crippen LogP contribution < -0.4 is 4.72 Å². The molecule has 10 heteroatoms. The van der Waals surface area contributed by atoms with Gasteiger partial charge >= 0.3 is 0 Å². The van der Waals surface area contributed by atoms with E-state index in [2.05, 4.69) is 19.9 Å². The fraction of sp³-hybridized carbons (Fsp3) is 0.0625. The molecule has 0 aliphatic heterocycles. The molecule has 0 atom stereocenters. The average molecular weight is 390 g/mol. The van der Waals surface area contributed by atoms with E-state index in [9.17, 15) is 16.8 Å². The first-order valence-corrected chi connectivity index (χ1v) is 10.7. The van der Waals surface area contributed by atoms with Crippen LogP contribution >= 0.6 is 0 Å². The summed E-state index contributed by atoms with van der Waals surface area (Å²) in [5.41, 5.74) is 1.51. The first-order chi connectivity index (χ1) is 12.3. The highest BCUT2D eigenvalue weighted by Gasteiger charge is 2.14. The second-order valence-electron chi connectivity index (χ2n) is 5.40. The van der Waals surface area contributed by atoms with Crippen LogP contribution in [0.1, 0.15) is 0 Å². The van der Waals surface area contributed by atoms with Gasteiger partial charge in [0.25, 0.3) is 10.0 Å². The van der Waals surface area contributed by atoms with Crippen LogP contribution in [-0.2, 0) is 19.9 Å². The Bertz CT molecular complexity index is 1110. The Hall–Kier alpha value is -2.85. The van der Waals surface area contributed by atoms with E-state index in [1.165, 1.54) is 36.7 Å². The zero-order valence-electron chi connectivity index (χ0n) is 13.6. The largest absolute Gasteiger partial charge is 0.280 e. The van der Waals surface area contributed by atoms with Gasteiger partial charge in [-0.25, -0.2) is 16.8 Å². The number of benzene rings is 1. The van der Waals surface area contributed by atoms with Gasteiger partial charge in [0.1, 0.15) is 4.90 Å². The summed E-state index contributed by atoms with van der Waals surface area (Å²) in [6.45, 7) is 0. The molecule has 134 valence electrons. The van der Waals surface area contributed by atoms with Gasteiger partial charge in [-0.2, -0.15) is 0 Å². The summed E-state index contributed by atoms with van der Waals surface area (Å²) in [6.07, 6.45) is 3.80. The minimum atomic E-state index is -3.72. The lowest BCUT2D eigenvalue weighted by atomic mass is 10.1. The maximum absolute atomic E-state index is 12.3. The van der Waals surface area contributed by atoms with Crippen molar-refractivity contribution in [1.82, 2.24) is 15.2 Å². The Balaban J connectivity index is 1.81. The van der Waals surface area contributed by atoms with Crippen LogP contribution in [0.25, 0.3) is 11.3 Å². The third kappa shape index (κ3) is 4.03. The van der Waals surface area contributed by atoms with Gasteiger partial charge in [-0.15, -0.1) is 10.2 Å². The van der Waals surface area contributed by atoms with E-state index in [0.29, 0.717) is 16.9 Å². The van der Waals surface area contributed by atoms with Gasteiger partial charge in [-0.3, -0.25) is 9.71 Å². The second kappa shape index (κ2) is 6.81. The molecule has 0 saturated heterocycles. The molecular weight excluding hydrogens is 376 g/mol. The molecule has 2 heterocycles. The Labute approximate surface area is 150 Å². The van der Waals surface area contributed by atoms with Crippen molar-refractivity contribution in [2.45, 2.75) is 9.92 Å². The van der Waals surface area contributed by atoms with Crippen molar-refractivity contribution in [1.29, 1.82) is 0 Å². The molecule has 0 fully saturated rings. The van der Waals surface area contributed by atoms with Crippen LogP contribution in [0, 0.1) is 0 Å². The molecule has 3 aromatic rings. The van der Waals surface area contributed by atoms with E-state index in [1.54, 1.807) is 24.3 Å². The molecule has 0 spiro atoms. The molecule has 3 rings (SSSR count). The lowest BCUT2D eigenvalue weighted by Crippen LogP contribution is -2.12. The summed E-state index contributed by atoms with van der Waals surface area (Å²) in [6, 6.07) is 12.4. The van der Waals surface area contributed by atoms with Crippen LogP contribution in [0.5, 0.6) is 0 Å². The van der Waals surface area contributed by atoms with Crippen molar-refractivity contribution in [2.75, 3.05) is 11.0 Å². The van der Waals surface area contributed by atoms with E-state index in [-0.39, 0.29) is 9.92 Å². The van der Waals surface area contributed by atoms with Crippen molar-refractivity contribution in [3.63, 3.8) is 0 Å². The molecule has 0 aliphatic carbocycles. The predicted molar refractivity (Wildman–Crippen MR) is 95.6 cm³/mol. The Morgan fingerprint density at radius 1 is 0.885 bits per heavy atom. The van der Waals surface area contributed by atoms with Crippen LogP contribution in [0.3, 0.4) is 0 Å². The predicted octanol–water partition coefficient (Wildman–Crippen LogP) is 1.74. The number of hydrogen-bond acceptors (Lipinski definition) is 7. The standard InChI is InChI=1S/C16H14N4O4S2/c1-25(21,22)16-9-8-15(18-19-16)12-4-6-13(7-5-12)20-26(23,24)14-3-2-10-17-11-14/h2-11,20H,1H3. The summed E-state index contributed by atoms with van der Waals surface area (Å²) >= 11 is 0. The molecule has 1 aromatic carbocycles. The monoisotopic (exact) mass is 390 g/mol. The number of nitrogens with zero attached hydrogens (tertiary/aromatic N) is 3. The third-order valence-corrected chi connectivity index (χ3v) is 5.74. The molecule has 1 N–H and O–H groups in total. The van der Waals surface area contributed by atoms with Gasteiger partial charge in [0.05, 0.1) is 5.69 Å². The highest BCUT2D eigenvalue weighted by molar-refractivity contribution is 7.92. The molecule has 0 aliphatic rings. The number of aromatic nitrogens is 3. The van der Waals surface area contributed by atoms with Crippen molar-refractivity contribution >= 4 is 25.5 Å². The van der Waals surface area contributed by atoms with Gasteiger partial charge in [-0.1, -0.05) is 12.1 Å². The molecule has 0 radical (unpaired) electrons. The smallest absolute Gasteiger partial charge is 0.263 e. The number of sulfonamides is 1. The number of hydrogen-bond donors (Lipinski definition) is 1. The Morgan fingerprint density at radius 2 is 1.62 bits per heavy atom. The van der Waals surface area contributed by atoms with E-state index in [0.717, 1.165) is 6.26 Å². The summed E-state index contributed by atoms with van der Waals surface area (Å²) in [5, 5.41) is 7.47. The number of anilines is 1. The minimum absolute atomic E-state index is 0.0614. The fourth-order valence-electron chi connectivity index (χ4n) is 2.10. The molecule has 26 heavy (non-hydrogen) atoms. The first-order valence-electron chi connectivity index (χ1n) is 7.33. The number of nitrogens with one attached hydrogen (secondary N) is 1. The summed E-state index contributed by atoms with van der Waals surface area (Å²) in [5.74, 6) is 0. The van der Waals surface area contributed by atoms with E-state index >= 15 is 0 Å². The Kier molecular flexibility index (Phi) is 4.70. The first kappa shape index (κ1) is 18.0. The van der Waals surface area contributed by atoms with E-state index in [4.69, 9.17) is 0 Å².